The molecule has 2 heteroatoms. The predicted octanol–water partition coefficient (Wildman–Crippen LogP) is 0.749. The third-order valence-corrected chi connectivity index (χ3v) is 3.23. The zero-order valence-electron chi connectivity index (χ0n) is 7.11. The molecule has 3 aliphatic rings. The zero-order valence-corrected chi connectivity index (χ0v) is 7.11. The molecular formula is C10H13N2. The van der Waals surface area contributed by atoms with Crippen molar-refractivity contribution in [2.24, 2.45) is 5.92 Å². The van der Waals surface area contributed by atoms with Crippen LogP contribution in [0.1, 0.15) is 6.42 Å². The Hall–Kier alpha value is -0.760. The molecule has 2 heterocycles. The summed E-state index contributed by atoms with van der Waals surface area (Å²) in [7, 11) is 0. The van der Waals surface area contributed by atoms with Gasteiger partial charge < -0.3 is 4.90 Å². The van der Waals surface area contributed by atoms with Crippen LogP contribution >= 0.6 is 0 Å². The van der Waals surface area contributed by atoms with Crippen molar-refractivity contribution in [1.29, 1.82) is 0 Å². The molecule has 12 heavy (non-hydrogen) atoms. The van der Waals surface area contributed by atoms with Crippen LogP contribution < -0.4 is 5.32 Å². The second-order valence-corrected chi connectivity index (χ2v) is 3.85. The van der Waals surface area contributed by atoms with Gasteiger partial charge in [0.2, 0.25) is 0 Å². The lowest BCUT2D eigenvalue weighted by Crippen LogP contribution is -2.33. The van der Waals surface area contributed by atoms with E-state index in [1.165, 1.54) is 18.7 Å². The zero-order chi connectivity index (χ0) is 7.97. The molecule has 2 saturated heterocycles. The van der Waals surface area contributed by atoms with Gasteiger partial charge in [0.1, 0.15) is 0 Å². The maximum atomic E-state index is 4.47. The summed E-state index contributed by atoms with van der Waals surface area (Å²) < 4.78 is 0. The molecule has 0 spiro atoms. The van der Waals surface area contributed by atoms with Gasteiger partial charge in [-0.1, -0.05) is 6.08 Å². The van der Waals surface area contributed by atoms with Crippen molar-refractivity contribution in [1.82, 2.24) is 10.2 Å². The quantitative estimate of drug-likeness (QED) is 0.554. The molecule has 3 rings (SSSR count). The topological polar surface area (TPSA) is 17.3 Å². The summed E-state index contributed by atoms with van der Waals surface area (Å²) in [6, 6.07) is 0.737. The maximum absolute atomic E-state index is 4.47. The minimum absolute atomic E-state index is 0.737. The summed E-state index contributed by atoms with van der Waals surface area (Å²) in [6.07, 6.45) is 7.88. The normalized spacial score (nSPS) is 38.0. The highest BCUT2D eigenvalue weighted by atomic mass is 15.2. The van der Waals surface area contributed by atoms with Crippen LogP contribution in [0.5, 0.6) is 0 Å². The van der Waals surface area contributed by atoms with E-state index in [9.17, 15) is 0 Å². The van der Waals surface area contributed by atoms with E-state index in [1.54, 1.807) is 0 Å². The van der Waals surface area contributed by atoms with Gasteiger partial charge in [-0.25, -0.2) is 5.32 Å². The van der Waals surface area contributed by atoms with Gasteiger partial charge in [0.05, 0.1) is 0 Å². The Morgan fingerprint density at radius 2 is 2.33 bits per heavy atom. The maximum Gasteiger partial charge on any atom is 0.0472 e. The van der Waals surface area contributed by atoms with E-state index in [4.69, 9.17) is 0 Å². The minimum atomic E-state index is 0.737. The van der Waals surface area contributed by atoms with E-state index in [0.29, 0.717) is 0 Å². The number of likely N-dealkylation sites (tertiary alicyclic amines) is 1. The smallest absolute Gasteiger partial charge is 0.0472 e. The first-order chi connectivity index (χ1) is 5.95. The summed E-state index contributed by atoms with van der Waals surface area (Å²) in [5, 5.41) is 4.47. The SMILES string of the molecule is C1=CC(N2CCC3C[N]CC32)=C1. The summed E-state index contributed by atoms with van der Waals surface area (Å²) >= 11 is 0. The van der Waals surface area contributed by atoms with E-state index >= 15 is 0 Å². The summed E-state index contributed by atoms with van der Waals surface area (Å²) in [5.74, 6) is 0.861. The van der Waals surface area contributed by atoms with Crippen LogP contribution in [0.4, 0.5) is 0 Å². The fourth-order valence-corrected chi connectivity index (χ4v) is 2.45. The van der Waals surface area contributed by atoms with E-state index < -0.39 is 0 Å². The van der Waals surface area contributed by atoms with Gasteiger partial charge in [-0.15, -0.1) is 0 Å². The molecule has 0 aromatic carbocycles. The number of nitrogens with zero attached hydrogens (tertiary/aromatic N) is 2. The molecule has 63 valence electrons. The predicted molar refractivity (Wildman–Crippen MR) is 47.7 cm³/mol. The lowest BCUT2D eigenvalue weighted by Gasteiger charge is -2.28. The fraction of sp³-hybridized carbons (Fsp3) is 0.600. The highest BCUT2D eigenvalue weighted by Gasteiger charge is 2.38. The average Bonchev–Trinajstić information content (AvgIpc) is 2.48. The molecule has 0 aromatic rings. The largest absolute Gasteiger partial charge is 0.367 e. The van der Waals surface area contributed by atoms with Crippen molar-refractivity contribution in [2.75, 3.05) is 19.6 Å². The summed E-state index contributed by atoms with van der Waals surface area (Å²) in [5.41, 5.74) is 1.43. The van der Waals surface area contributed by atoms with Crippen molar-refractivity contribution in [3.05, 3.63) is 23.9 Å². The molecule has 2 nitrogen and oxygen atoms in total. The Morgan fingerprint density at radius 1 is 1.42 bits per heavy atom. The average molecular weight is 161 g/mol. The van der Waals surface area contributed by atoms with Crippen LogP contribution in [-0.4, -0.2) is 30.6 Å². The number of allylic oxidation sites excluding steroid dienone is 3. The van der Waals surface area contributed by atoms with Gasteiger partial charge in [0.15, 0.2) is 0 Å². The van der Waals surface area contributed by atoms with Crippen LogP contribution in [-0.2, 0) is 0 Å². The minimum Gasteiger partial charge on any atom is -0.367 e. The van der Waals surface area contributed by atoms with Crippen molar-refractivity contribution < 1.29 is 0 Å². The Balaban J connectivity index is 1.79. The van der Waals surface area contributed by atoms with Gasteiger partial charge in [-0.2, -0.15) is 0 Å². The Bertz CT molecular complexity index is 255. The Morgan fingerprint density at radius 3 is 3.08 bits per heavy atom. The molecule has 2 fully saturated rings. The molecule has 1 aliphatic carbocycles. The van der Waals surface area contributed by atoms with Gasteiger partial charge in [0, 0.05) is 31.4 Å². The van der Waals surface area contributed by atoms with Crippen LogP contribution in [0.15, 0.2) is 23.9 Å². The number of hydrogen-bond acceptors (Lipinski definition) is 1. The molecule has 2 unspecified atom stereocenters. The van der Waals surface area contributed by atoms with Crippen molar-refractivity contribution in [3.63, 3.8) is 0 Å². The molecule has 0 saturated carbocycles. The van der Waals surface area contributed by atoms with Crippen LogP contribution in [0.3, 0.4) is 0 Å². The lowest BCUT2D eigenvalue weighted by molar-refractivity contribution is 0.324. The standard InChI is InChI=1S/C10H13N2/c1-2-9(3-1)12-5-4-8-6-11-7-10(8)12/h1-3,8,10H,4-7H2. The molecule has 0 bridgehead atoms. The van der Waals surface area contributed by atoms with Crippen LogP contribution in [0, 0.1) is 5.92 Å². The van der Waals surface area contributed by atoms with E-state index in [2.05, 4.69) is 28.4 Å². The molecular weight excluding hydrogens is 148 g/mol. The lowest BCUT2D eigenvalue weighted by atomic mass is 10.0. The second kappa shape index (κ2) is 2.36. The fourth-order valence-electron chi connectivity index (χ4n) is 2.45. The molecule has 2 aliphatic heterocycles. The van der Waals surface area contributed by atoms with Crippen molar-refractivity contribution in [3.8, 4) is 0 Å². The van der Waals surface area contributed by atoms with Gasteiger partial charge >= 0.3 is 0 Å². The van der Waals surface area contributed by atoms with E-state index in [-0.39, 0.29) is 0 Å². The molecule has 0 N–H and O–H groups in total. The molecule has 0 amide bonds. The van der Waals surface area contributed by atoms with Crippen molar-refractivity contribution in [2.45, 2.75) is 12.5 Å². The molecule has 0 aromatic heterocycles. The third kappa shape index (κ3) is 0.787. The van der Waals surface area contributed by atoms with E-state index in [1.807, 2.05) is 0 Å². The molecule has 1 radical (unpaired) electrons. The van der Waals surface area contributed by atoms with Crippen molar-refractivity contribution >= 4 is 0 Å². The van der Waals surface area contributed by atoms with Gasteiger partial charge in [-0.05, 0) is 24.5 Å². The first-order valence-corrected chi connectivity index (χ1v) is 4.73. The van der Waals surface area contributed by atoms with Gasteiger partial charge in [-0.3, -0.25) is 0 Å². The third-order valence-electron chi connectivity index (χ3n) is 3.23. The van der Waals surface area contributed by atoms with Gasteiger partial charge in [0.25, 0.3) is 0 Å². The monoisotopic (exact) mass is 161 g/mol. The summed E-state index contributed by atoms with van der Waals surface area (Å²) in [4.78, 5) is 2.53. The first kappa shape index (κ1) is 6.72. The Labute approximate surface area is 72.9 Å². The number of rotatable bonds is 1. The van der Waals surface area contributed by atoms with Crippen LogP contribution in [0.25, 0.3) is 0 Å². The van der Waals surface area contributed by atoms with E-state index in [0.717, 1.165) is 25.0 Å². The number of fused-ring (bicyclic) bond motifs is 1. The Kier molecular flexibility index (Phi) is 1.32. The number of hydrogen-bond donors (Lipinski definition) is 0. The highest BCUT2D eigenvalue weighted by Crippen LogP contribution is 2.32. The highest BCUT2D eigenvalue weighted by molar-refractivity contribution is 5.35. The van der Waals surface area contributed by atoms with Crippen LogP contribution in [0.2, 0.25) is 0 Å². The summed E-state index contributed by atoms with van der Waals surface area (Å²) in [6.45, 7) is 3.43. The second-order valence-electron chi connectivity index (χ2n) is 3.85. The first-order valence-electron chi connectivity index (χ1n) is 4.73. The molecule has 2 atom stereocenters.